The van der Waals surface area contributed by atoms with Crippen molar-refractivity contribution in [3.8, 4) is 0 Å². The monoisotopic (exact) mass is 288 g/mol. The van der Waals surface area contributed by atoms with Crippen LogP contribution in [0, 0.1) is 20.8 Å². The molecule has 0 atom stereocenters. The van der Waals surface area contributed by atoms with Crippen molar-refractivity contribution < 1.29 is 4.79 Å². The van der Waals surface area contributed by atoms with E-state index in [0.717, 1.165) is 16.7 Å². The molecule has 2 rings (SSSR count). The van der Waals surface area contributed by atoms with Gasteiger partial charge in [0.1, 0.15) is 0 Å². The number of carbonyl (C=O) groups is 1. The lowest BCUT2D eigenvalue weighted by Crippen LogP contribution is -2.14. The molecule has 0 aliphatic carbocycles. The minimum absolute atomic E-state index is 0.143. The highest BCUT2D eigenvalue weighted by Crippen LogP contribution is 2.27. The molecule has 3 nitrogen and oxygen atoms in total. The first-order chi connectivity index (χ1) is 9.40. The van der Waals surface area contributed by atoms with E-state index in [4.69, 9.17) is 17.3 Å². The summed E-state index contributed by atoms with van der Waals surface area (Å²) in [5.74, 6) is -0.143. The van der Waals surface area contributed by atoms with E-state index in [9.17, 15) is 4.79 Å². The highest BCUT2D eigenvalue weighted by Gasteiger charge is 2.12. The average molecular weight is 289 g/mol. The molecule has 2 aromatic carbocycles. The topological polar surface area (TPSA) is 55.1 Å². The zero-order valence-electron chi connectivity index (χ0n) is 11.8. The van der Waals surface area contributed by atoms with E-state index in [0.29, 0.717) is 22.0 Å². The Hall–Kier alpha value is -2.00. The number of benzene rings is 2. The number of aryl methyl sites for hydroxylation is 2. The molecular weight excluding hydrogens is 272 g/mol. The highest BCUT2D eigenvalue weighted by atomic mass is 35.5. The minimum atomic E-state index is -0.143. The third-order valence-electron chi connectivity index (χ3n) is 3.44. The number of halogens is 1. The van der Waals surface area contributed by atoms with Gasteiger partial charge in [0.05, 0.1) is 10.7 Å². The molecule has 0 unspecified atom stereocenters. The molecule has 3 N–H and O–H groups in total. The van der Waals surface area contributed by atoms with Crippen LogP contribution in [0.5, 0.6) is 0 Å². The van der Waals surface area contributed by atoms with Crippen LogP contribution in [0.2, 0.25) is 5.02 Å². The number of anilines is 2. The Bertz CT molecular complexity index is 680. The largest absolute Gasteiger partial charge is 0.398 e. The number of amides is 1. The lowest BCUT2D eigenvalue weighted by Gasteiger charge is -2.12. The zero-order chi connectivity index (χ0) is 14.9. The predicted octanol–water partition coefficient (Wildman–Crippen LogP) is 4.10. The van der Waals surface area contributed by atoms with Gasteiger partial charge in [0.15, 0.2) is 0 Å². The summed E-state index contributed by atoms with van der Waals surface area (Å²) < 4.78 is 0. The first-order valence-corrected chi connectivity index (χ1v) is 6.71. The number of hydrogen-bond donors (Lipinski definition) is 2. The zero-order valence-corrected chi connectivity index (χ0v) is 12.5. The number of hydrogen-bond acceptors (Lipinski definition) is 2. The third kappa shape index (κ3) is 2.78. The van der Waals surface area contributed by atoms with Crippen LogP contribution in [-0.4, -0.2) is 5.91 Å². The second-order valence-corrected chi connectivity index (χ2v) is 5.30. The second-order valence-electron chi connectivity index (χ2n) is 4.89. The maximum absolute atomic E-state index is 12.4. The van der Waals surface area contributed by atoms with Gasteiger partial charge in [-0.1, -0.05) is 23.7 Å². The molecule has 2 aromatic rings. The van der Waals surface area contributed by atoms with Gasteiger partial charge < -0.3 is 11.1 Å². The molecule has 20 heavy (non-hydrogen) atoms. The molecule has 0 heterocycles. The van der Waals surface area contributed by atoms with E-state index in [1.165, 1.54) is 0 Å². The van der Waals surface area contributed by atoms with Crippen LogP contribution in [0.3, 0.4) is 0 Å². The fourth-order valence-corrected chi connectivity index (χ4v) is 2.19. The van der Waals surface area contributed by atoms with Gasteiger partial charge in [-0.2, -0.15) is 0 Å². The van der Waals surface area contributed by atoms with Crippen LogP contribution in [-0.2, 0) is 0 Å². The van der Waals surface area contributed by atoms with Gasteiger partial charge in [-0.25, -0.2) is 0 Å². The van der Waals surface area contributed by atoms with Gasteiger partial charge in [-0.05, 0) is 55.7 Å². The number of carbonyl (C=O) groups excluding carboxylic acids is 1. The quantitative estimate of drug-likeness (QED) is 0.818. The molecule has 0 fully saturated rings. The summed E-state index contributed by atoms with van der Waals surface area (Å²) in [6, 6.07) is 9.10. The van der Waals surface area contributed by atoms with Crippen LogP contribution in [0.4, 0.5) is 11.4 Å². The van der Waals surface area contributed by atoms with Crippen molar-refractivity contribution in [1.82, 2.24) is 0 Å². The van der Waals surface area contributed by atoms with Gasteiger partial charge in [0, 0.05) is 11.3 Å². The fraction of sp³-hybridized carbons (Fsp3) is 0.188. The van der Waals surface area contributed by atoms with Crippen molar-refractivity contribution in [3.05, 3.63) is 57.6 Å². The van der Waals surface area contributed by atoms with Crippen LogP contribution < -0.4 is 11.1 Å². The smallest absolute Gasteiger partial charge is 0.255 e. The van der Waals surface area contributed by atoms with Gasteiger partial charge in [-0.3, -0.25) is 4.79 Å². The van der Waals surface area contributed by atoms with Gasteiger partial charge in [0.25, 0.3) is 5.91 Å². The Kier molecular flexibility index (Phi) is 4.00. The summed E-state index contributed by atoms with van der Waals surface area (Å²) in [5.41, 5.74) is 10.5. The number of nitrogen functional groups attached to an aromatic ring is 1. The minimum Gasteiger partial charge on any atom is -0.398 e. The molecule has 1 amide bonds. The van der Waals surface area contributed by atoms with Crippen LogP contribution in [0.1, 0.15) is 27.0 Å². The summed E-state index contributed by atoms with van der Waals surface area (Å²) in [5, 5.41) is 3.32. The SMILES string of the molecule is Cc1cc(N)c(Cl)cc1NC(=O)c1cccc(C)c1C. The third-order valence-corrected chi connectivity index (χ3v) is 3.77. The van der Waals surface area contributed by atoms with Crippen molar-refractivity contribution in [2.24, 2.45) is 0 Å². The molecule has 0 aromatic heterocycles. The summed E-state index contributed by atoms with van der Waals surface area (Å²) >= 11 is 6.00. The standard InChI is InChI=1S/C16H17ClN2O/c1-9-5-4-6-12(11(9)3)16(20)19-15-8-13(17)14(18)7-10(15)2/h4-8H,18H2,1-3H3,(H,19,20). The van der Waals surface area contributed by atoms with E-state index in [1.54, 1.807) is 12.1 Å². The summed E-state index contributed by atoms with van der Waals surface area (Å²) in [4.78, 5) is 12.4. The summed E-state index contributed by atoms with van der Waals surface area (Å²) in [6.07, 6.45) is 0. The average Bonchev–Trinajstić information content (AvgIpc) is 2.39. The first-order valence-electron chi connectivity index (χ1n) is 6.33. The fourth-order valence-electron chi connectivity index (χ4n) is 2.03. The van der Waals surface area contributed by atoms with Crippen LogP contribution >= 0.6 is 11.6 Å². The number of nitrogens with two attached hydrogens (primary N) is 1. The van der Waals surface area contributed by atoms with Crippen molar-refractivity contribution in [2.75, 3.05) is 11.1 Å². The summed E-state index contributed by atoms with van der Waals surface area (Å²) in [6.45, 7) is 5.80. The molecule has 0 radical (unpaired) electrons. The Labute approximate surface area is 123 Å². The van der Waals surface area contributed by atoms with Crippen molar-refractivity contribution in [3.63, 3.8) is 0 Å². The molecule has 4 heteroatoms. The molecule has 0 saturated heterocycles. The van der Waals surface area contributed by atoms with Crippen molar-refractivity contribution in [1.29, 1.82) is 0 Å². The lowest BCUT2D eigenvalue weighted by molar-refractivity contribution is 0.102. The maximum Gasteiger partial charge on any atom is 0.255 e. The Balaban J connectivity index is 2.33. The number of nitrogens with one attached hydrogen (secondary N) is 1. The second kappa shape index (κ2) is 5.55. The van der Waals surface area contributed by atoms with Crippen LogP contribution in [0.15, 0.2) is 30.3 Å². The van der Waals surface area contributed by atoms with E-state index >= 15 is 0 Å². The molecule has 0 aliphatic rings. The molecule has 0 aliphatic heterocycles. The maximum atomic E-state index is 12.4. The predicted molar refractivity (Wildman–Crippen MR) is 84.5 cm³/mol. The normalized spacial score (nSPS) is 10.4. The lowest BCUT2D eigenvalue weighted by atomic mass is 10.0. The highest BCUT2D eigenvalue weighted by molar-refractivity contribution is 6.33. The number of rotatable bonds is 2. The van der Waals surface area contributed by atoms with E-state index in [-0.39, 0.29) is 5.91 Å². The molecule has 0 saturated carbocycles. The van der Waals surface area contributed by atoms with Crippen molar-refractivity contribution >= 4 is 28.9 Å². The van der Waals surface area contributed by atoms with E-state index in [2.05, 4.69) is 5.32 Å². The Morgan fingerprint density at radius 3 is 2.55 bits per heavy atom. The molecular formula is C16H17ClN2O. The molecule has 0 spiro atoms. The van der Waals surface area contributed by atoms with Crippen molar-refractivity contribution in [2.45, 2.75) is 20.8 Å². The van der Waals surface area contributed by atoms with E-state index in [1.807, 2.05) is 39.0 Å². The first kappa shape index (κ1) is 14.4. The van der Waals surface area contributed by atoms with E-state index < -0.39 is 0 Å². The molecule has 104 valence electrons. The Morgan fingerprint density at radius 2 is 1.85 bits per heavy atom. The van der Waals surface area contributed by atoms with Gasteiger partial charge in [0.2, 0.25) is 0 Å². The van der Waals surface area contributed by atoms with Crippen LogP contribution in [0.25, 0.3) is 0 Å². The Morgan fingerprint density at radius 1 is 1.15 bits per heavy atom. The summed E-state index contributed by atoms with van der Waals surface area (Å²) in [7, 11) is 0. The molecule has 0 bridgehead atoms. The van der Waals surface area contributed by atoms with Gasteiger partial charge >= 0.3 is 0 Å². The van der Waals surface area contributed by atoms with Gasteiger partial charge in [-0.15, -0.1) is 0 Å².